The minimum atomic E-state index is -0.538. The molecular formula is C16H23NO4. The largest absolute Gasteiger partial charge is 0.490 e. The smallest absolute Gasteiger partial charge is 0.268 e. The number of carbonyl (C=O) groups excluding carboxylic acids is 1. The Morgan fingerprint density at radius 1 is 1.43 bits per heavy atom. The van der Waals surface area contributed by atoms with Gasteiger partial charge in [0.05, 0.1) is 18.9 Å². The summed E-state index contributed by atoms with van der Waals surface area (Å²) in [6.45, 7) is 8.13. The zero-order valence-corrected chi connectivity index (χ0v) is 13.0. The summed E-state index contributed by atoms with van der Waals surface area (Å²) in [5.74, 6) is 1.10. The number of ether oxygens (including phenoxy) is 2. The molecule has 1 heterocycles. The quantitative estimate of drug-likeness (QED) is 0.906. The van der Waals surface area contributed by atoms with Crippen LogP contribution in [0.4, 0.5) is 5.69 Å². The molecule has 1 atom stereocenters. The first-order valence-electron chi connectivity index (χ1n) is 7.39. The van der Waals surface area contributed by atoms with E-state index in [9.17, 15) is 9.90 Å². The molecule has 1 unspecified atom stereocenters. The molecule has 1 aromatic rings. The van der Waals surface area contributed by atoms with Crippen molar-refractivity contribution in [2.45, 2.75) is 52.9 Å². The Kier molecular flexibility index (Phi) is 4.73. The minimum Gasteiger partial charge on any atom is -0.490 e. The molecule has 2 rings (SSSR count). The number of amides is 1. The molecule has 5 heteroatoms. The fourth-order valence-electron chi connectivity index (χ4n) is 2.43. The Bertz CT molecular complexity index is 527. The van der Waals surface area contributed by atoms with Crippen molar-refractivity contribution in [3.63, 3.8) is 0 Å². The molecule has 0 aliphatic carbocycles. The lowest BCUT2D eigenvalue weighted by atomic mass is 10.1. The van der Waals surface area contributed by atoms with Crippen molar-refractivity contribution in [1.82, 2.24) is 0 Å². The van der Waals surface area contributed by atoms with E-state index in [4.69, 9.17) is 9.47 Å². The fraction of sp³-hybridized carbons (Fsp3) is 0.562. The van der Waals surface area contributed by atoms with Crippen molar-refractivity contribution in [3.8, 4) is 11.5 Å². The molecule has 0 saturated heterocycles. The zero-order chi connectivity index (χ0) is 15.6. The van der Waals surface area contributed by atoms with Crippen LogP contribution < -0.4 is 14.4 Å². The SMILES string of the molecule is CCCOc1cc(CO)cc2c1OC(C)C(=O)N2C(C)C. The van der Waals surface area contributed by atoms with Crippen molar-refractivity contribution in [1.29, 1.82) is 0 Å². The highest BCUT2D eigenvalue weighted by Gasteiger charge is 2.35. The molecule has 1 N–H and O–H groups in total. The molecule has 1 aliphatic rings. The number of aliphatic hydroxyl groups excluding tert-OH is 1. The summed E-state index contributed by atoms with van der Waals surface area (Å²) < 4.78 is 11.5. The average molecular weight is 293 g/mol. The van der Waals surface area contributed by atoms with Crippen LogP contribution in [0, 0.1) is 0 Å². The van der Waals surface area contributed by atoms with Gasteiger partial charge in [-0.25, -0.2) is 0 Å². The summed E-state index contributed by atoms with van der Waals surface area (Å²) in [5.41, 5.74) is 1.38. The van der Waals surface area contributed by atoms with Crippen LogP contribution in [0.25, 0.3) is 0 Å². The van der Waals surface area contributed by atoms with Crippen molar-refractivity contribution in [2.75, 3.05) is 11.5 Å². The predicted molar refractivity (Wildman–Crippen MR) is 80.9 cm³/mol. The first-order chi connectivity index (χ1) is 9.99. The molecule has 1 aliphatic heterocycles. The van der Waals surface area contributed by atoms with Gasteiger partial charge in [0.2, 0.25) is 0 Å². The zero-order valence-electron chi connectivity index (χ0n) is 13.0. The summed E-state index contributed by atoms with van der Waals surface area (Å²) in [4.78, 5) is 14.1. The Hall–Kier alpha value is -1.75. The van der Waals surface area contributed by atoms with Gasteiger partial charge < -0.3 is 19.5 Å². The lowest BCUT2D eigenvalue weighted by molar-refractivity contribution is -0.126. The molecule has 0 saturated carbocycles. The Morgan fingerprint density at radius 2 is 2.14 bits per heavy atom. The van der Waals surface area contributed by atoms with E-state index in [2.05, 4.69) is 0 Å². The van der Waals surface area contributed by atoms with Crippen LogP contribution in [0.3, 0.4) is 0 Å². The van der Waals surface area contributed by atoms with Crippen LogP contribution in [-0.4, -0.2) is 29.8 Å². The number of rotatable bonds is 5. The van der Waals surface area contributed by atoms with Crippen molar-refractivity contribution < 1.29 is 19.4 Å². The number of benzene rings is 1. The number of hydrogen-bond donors (Lipinski definition) is 1. The predicted octanol–water partition coefficient (Wildman–Crippen LogP) is 2.49. The normalized spacial score (nSPS) is 17.7. The maximum atomic E-state index is 12.4. The second-order valence-corrected chi connectivity index (χ2v) is 5.51. The summed E-state index contributed by atoms with van der Waals surface area (Å²) in [6, 6.07) is 3.57. The van der Waals surface area contributed by atoms with Gasteiger partial charge in [0.15, 0.2) is 17.6 Å². The van der Waals surface area contributed by atoms with Crippen LogP contribution in [0.2, 0.25) is 0 Å². The molecular weight excluding hydrogens is 270 g/mol. The number of carbonyl (C=O) groups is 1. The molecule has 1 amide bonds. The molecule has 0 radical (unpaired) electrons. The van der Waals surface area contributed by atoms with Crippen molar-refractivity contribution in [2.24, 2.45) is 0 Å². The van der Waals surface area contributed by atoms with Gasteiger partial charge in [-0.2, -0.15) is 0 Å². The second kappa shape index (κ2) is 6.35. The third kappa shape index (κ3) is 2.97. The summed E-state index contributed by atoms with van der Waals surface area (Å²) in [7, 11) is 0. The third-order valence-corrected chi connectivity index (χ3v) is 3.40. The molecule has 0 bridgehead atoms. The second-order valence-electron chi connectivity index (χ2n) is 5.51. The topological polar surface area (TPSA) is 59.0 Å². The lowest BCUT2D eigenvalue weighted by Crippen LogP contribution is -2.48. The first kappa shape index (κ1) is 15.6. The van der Waals surface area contributed by atoms with Gasteiger partial charge in [0.1, 0.15) is 0 Å². The molecule has 116 valence electrons. The third-order valence-electron chi connectivity index (χ3n) is 3.40. The van der Waals surface area contributed by atoms with E-state index in [-0.39, 0.29) is 18.6 Å². The summed E-state index contributed by atoms with van der Waals surface area (Å²) in [6.07, 6.45) is 0.337. The summed E-state index contributed by atoms with van der Waals surface area (Å²) in [5, 5.41) is 9.43. The van der Waals surface area contributed by atoms with Gasteiger partial charge in [0, 0.05) is 6.04 Å². The van der Waals surface area contributed by atoms with Crippen LogP contribution in [-0.2, 0) is 11.4 Å². The Balaban J connectivity index is 2.54. The minimum absolute atomic E-state index is 0.00979. The van der Waals surface area contributed by atoms with Gasteiger partial charge in [-0.1, -0.05) is 6.92 Å². The number of fused-ring (bicyclic) bond motifs is 1. The van der Waals surface area contributed by atoms with Crippen molar-refractivity contribution in [3.05, 3.63) is 17.7 Å². The number of anilines is 1. The van der Waals surface area contributed by atoms with E-state index in [1.165, 1.54) is 0 Å². The van der Waals surface area contributed by atoms with Gasteiger partial charge in [0.25, 0.3) is 5.91 Å². The Labute approximate surface area is 125 Å². The lowest BCUT2D eigenvalue weighted by Gasteiger charge is -2.36. The summed E-state index contributed by atoms with van der Waals surface area (Å²) >= 11 is 0. The van der Waals surface area contributed by atoms with Crippen LogP contribution in [0.5, 0.6) is 11.5 Å². The Morgan fingerprint density at radius 3 is 2.71 bits per heavy atom. The van der Waals surface area contributed by atoms with Crippen LogP contribution >= 0.6 is 0 Å². The van der Waals surface area contributed by atoms with E-state index < -0.39 is 6.10 Å². The van der Waals surface area contributed by atoms with Crippen molar-refractivity contribution >= 4 is 11.6 Å². The molecule has 21 heavy (non-hydrogen) atoms. The number of aliphatic hydroxyl groups is 1. The maximum absolute atomic E-state index is 12.4. The number of nitrogens with zero attached hydrogens (tertiary/aromatic N) is 1. The molecule has 1 aromatic carbocycles. The van der Waals surface area contributed by atoms with E-state index in [0.717, 1.165) is 6.42 Å². The van der Waals surface area contributed by atoms with Gasteiger partial charge in [-0.05, 0) is 44.9 Å². The monoisotopic (exact) mass is 293 g/mol. The van der Waals surface area contributed by atoms with Crippen LogP contribution in [0.1, 0.15) is 39.7 Å². The average Bonchev–Trinajstić information content (AvgIpc) is 2.45. The van der Waals surface area contributed by atoms with E-state index >= 15 is 0 Å². The fourth-order valence-corrected chi connectivity index (χ4v) is 2.43. The highest BCUT2D eigenvalue weighted by Crippen LogP contribution is 2.43. The van der Waals surface area contributed by atoms with E-state index in [0.29, 0.717) is 29.4 Å². The first-order valence-corrected chi connectivity index (χ1v) is 7.39. The molecule has 0 spiro atoms. The highest BCUT2D eigenvalue weighted by atomic mass is 16.5. The maximum Gasteiger partial charge on any atom is 0.268 e. The standard InChI is InChI=1S/C16H23NO4/c1-5-6-20-14-8-12(9-18)7-13-15(14)21-11(4)16(19)17(13)10(2)3/h7-8,10-11,18H,5-6,9H2,1-4H3. The molecule has 0 fully saturated rings. The molecule has 0 aromatic heterocycles. The van der Waals surface area contributed by atoms with Crippen LogP contribution in [0.15, 0.2) is 12.1 Å². The highest BCUT2D eigenvalue weighted by molar-refractivity contribution is 6.01. The van der Waals surface area contributed by atoms with E-state index in [1.54, 1.807) is 24.0 Å². The van der Waals surface area contributed by atoms with Gasteiger partial charge in [-0.15, -0.1) is 0 Å². The van der Waals surface area contributed by atoms with E-state index in [1.807, 2.05) is 20.8 Å². The van der Waals surface area contributed by atoms with Gasteiger partial charge in [-0.3, -0.25) is 4.79 Å². The van der Waals surface area contributed by atoms with Gasteiger partial charge >= 0.3 is 0 Å². The molecule has 5 nitrogen and oxygen atoms in total. The number of hydrogen-bond acceptors (Lipinski definition) is 4.